The zero-order valence-electron chi connectivity index (χ0n) is 9.50. The van der Waals surface area contributed by atoms with E-state index in [0.29, 0.717) is 5.75 Å². The fourth-order valence-corrected chi connectivity index (χ4v) is 1.36. The molecule has 2 aromatic rings. The molecule has 86 valence electrons. The van der Waals surface area contributed by atoms with Gasteiger partial charge in [-0.2, -0.15) is 0 Å². The van der Waals surface area contributed by atoms with Crippen LogP contribution in [-0.4, -0.2) is 10.8 Å². The highest BCUT2D eigenvalue weighted by atomic mass is 16.6. The van der Waals surface area contributed by atoms with Crippen LogP contribution < -0.4 is 4.84 Å². The highest BCUT2D eigenvalue weighted by molar-refractivity contribution is 5.98. The number of nitrogens with zero attached hydrogens (tertiary/aromatic N) is 1. The van der Waals surface area contributed by atoms with Gasteiger partial charge in [-0.3, -0.25) is 0 Å². The lowest BCUT2D eigenvalue weighted by Crippen LogP contribution is -1.97. The van der Waals surface area contributed by atoms with Crippen LogP contribution in [0.5, 0.6) is 11.5 Å². The summed E-state index contributed by atoms with van der Waals surface area (Å²) in [5, 5.41) is 13.2. The molecule has 0 unspecified atom stereocenters. The van der Waals surface area contributed by atoms with E-state index >= 15 is 0 Å². The summed E-state index contributed by atoms with van der Waals surface area (Å²) >= 11 is 0. The van der Waals surface area contributed by atoms with Crippen LogP contribution in [0.15, 0.2) is 59.8 Å². The van der Waals surface area contributed by atoms with Crippen molar-refractivity contribution in [2.24, 2.45) is 5.16 Å². The van der Waals surface area contributed by atoms with Gasteiger partial charge in [-0.1, -0.05) is 23.4 Å². The second-order valence-electron chi connectivity index (χ2n) is 3.63. The molecule has 0 radical (unpaired) electrons. The van der Waals surface area contributed by atoms with Gasteiger partial charge in [0.15, 0.2) is 5.75 Å². The summed E-state index contributed by atoms with van der Waals surface area (Å²) in [6.45, 7) is 1.86. The molecule has 0 fully saturated rings. The van der Waals surface area contributed by atoms with Crippen molar-refractivity contribution in [3.63, 3.8) is 0 Å². The number of para-hydroxylation sites is 1. The molecule has 17 heavy (non-hydrogen) atoms. The lowest BCUT2D eigenvalue weighted by Gasteiger charge is -2.02. The Morgan fingerprint density at radius 3 is 2.29 bits per heavy atom. The molecule has 0 aromatic heterocycles. The van der Waals surface area contributed by atoms with Gasteiger partial charge in [0.1, 0.15) is 5.75 Å². The predicted octanol–water partition coefficient (Wildman–Crippen LogP) is 3.20. The molecule has 0 heterocycles. The second kappa shape index (κ2) is 5.16. The number of phenolic OH excluding ortho intramolecular Hbond substituents is 1. The summed E-state index contributed by atoms with van der Waals surface area (Å²) < 4.78 is 0. The SMILES string of the molecule is C/C(=N\Oc1ccccc1)c1ccc(O)cc1. The average molecular weight is 227 g/mol. The van der Waals surface area contributed by atoms with Crippen LogP contribution in [0, 0.1) is 0 Å². The van der Waals surface area contributed by atoms with Crippen LogP contribution in [0.4, 0.5) is 0 Å². The van der Waals surface area contributed by atoms with Gasteiger partial charge in [0.25, 0.3) is 0 Å². The third-order valence-electron chi connectivity index (χ3n) is 2.32. The van der Waals surface area contributed by atoms with Crippen molar-refractivity contribution in [1.82, 2.24) is 0 Å². The van der Waals surface area contributed by atoms with Crippen molar-refractivity contribution in [3.8, 4) is 11.5 Å². The summed E-state index contributed by atoms with van der Waals surface area (Å²) in [5.74, 6) is 0.941. The molecule has 0 atom stereocenters. The Hall–Kier alpha value is -2.29. The third-order valence-corrected chi connectivity index (χ3v) is 2.32. The molecule has 0 spiro atoms. The first kappa shape index (κ1) is 11.2. The van der Waals surface area contributed by atoms with Crippen LogP contribution >= 0.6 is 0 Å². The van der Waals surface area contributed by atoms with E-state index in [1.54, 1.807) is 24.3 Å². The monoisotopic (exact) mass is 227 g/mol. The standard InChI is InChI=1S/C14H13NO2/c1-11(12-7-9-13(16)10-8-12)15-17-14-5-3-2-4-6-14/h2-10,16H,1H3/b15-11+. The molecule has 3 heteroatoms. The molecule has 0 saturated carbocycles. The number of aromatic hydroxyl groups is 1. The normalized spacial score (nSPS) is 11.2. The minimum atomic E-state index is 0.241. The fraction of sp³-hybridized carbons (Fsp3) is 0.0714. The van der Waals surface area contributed by atoms with Crippen molar-refractivity contribution in [2.45, 2.75) is 6.92 Å². The maximum atomic E-state index is 9.18. The predicted molar refractivity (Wildman–Crippen MR) is 67.4 cm³/mol. The number of rotatable bonds is 3. The number of benzene rings is 2. The summed E-state index contributed by atoms with van der Waals surface area (Å²) in [6.07, 6.45) is 0. The molecule has 0 amide bonds. The minimum Gasteiger partial charge on any atom is -0.508 e. The maximum Gasteiger partial charge on any atom is 0.157 e. The Bertz CT molecular complexity index is 504. The van der Waals surface area contributed by atoms with Crippen molar-refractivity contribution in [1.29, 1.82) is 0 Å². The van der Waals surface area contributed by atoms with E-state index in [4.69, 9.17) is 4.84 Å². The molecular formula is C14H13NO2. The van der Waals surface area contributed by atoms with E-state index in [1.807, 2.05) is 37.3 Å². The van der Waals surface area contributed by atoms with E-state index in [2.05, 4.69) is 5.16 Å². The maximum absolute atomic E-state index is 9.18. The number of oxime groups is 1. The van der Waals surface area contributed by atoms with Crippen LogP contribution in [0.3, 0.4) is 0 Å². The molecule has 3 nitrogen and oxygen atoms in total. The van der Waals surface area contributed by atoms with E-state index in [9.17, 15) is 5.11 Å². The molecule has 0 saturated heterocycles. The largest absolute Gasteiger partial charge is 0.508 e. The number of phenols is 1. The van der Waals surface area contributed by atoms with Crippen molar-refractivity contribution in [3.05, 3.63) is 60.2 Å². The molecule has 0 aliphatic heterocycles. The van der Waals surface area contributed by atoms with Gasteiger partial charge >= 0.3 is 0 Å². The van der Waals surface area contributed by atoms with Crippen LogP contribution in [0.2, 0.25) is 0 Å². The quantitative estimate of drug-likeness (QED) is 0.646. The van der Waals surface area contributed by atoms with E-state index in [1.165, 1.54) is 0 Å². The molecule has 0 bridgehead atoms. The first-order valence-corrected chi connectivity index (χ1v) is 5.32. The highest BCUT2D eigenvalue weighted by Crippen LogP contribution is 2.12. The third kappa shape index (κ3) is 3.08. The first-order valence-electron chi connectivity index (χ1n) is 5.32. The van der Waals surface area contributed by atoms with Gasteiger partial charge in [-0.25, -0.2) is 0 Å². The topological polar surface area (TPSA) is 41.8 Å². The van der Waals surface area contributed by atoms with Crippen molar-refractivity contribution < 1.29 is 9.94 Å². The van der Waals surface area contributed by atoms with Crippen LogP contribution in [-0.2, 0) is 0 Å². The molecule has 0 aliphatic carbocycles. The Balaban J connectivity index is 2.10. The lowest BCUT2D eigenvalue weighted by molar-refractivity contribution is 0.341. The Labute approximate surface area is 100.0 Å². The first-order chi connectivity index (χ1) is 8.25. The number of hydrogen-bond donors (Lipinski definition) is 1. The molecule has 0 aliphatic rings. The van der Waals surface area contributed by atoms with E-state index in [0.717, 1.165) is 11.3 Å². The summed E-state index contributed by atoms with van der Waals surface area (Å²) in [5.41, 5.74) is 1.67. The van der Waals surface area contributed by atoms with Gasteiger partial charge < -0.3 is 9.94 Å². The second-order valence-corrected chi connectivity index (χ2v) is 3.63. The zero-order valence-corrected chi connectivity index (χ0v) is 9.50. The van der Waals surface area contributed by atoms with Gasteiger partial charge in [-0.15, -0.1) is 0 Å². The molecule has 2 rings (SSSR count). The highest BCUT2D eigenvalue weighted by Gasteiger charge is 1.98. The van der Waals surface area contributed by atoms with Gasteiger partial charge in [0.2, 0.25) is 0 Å². The fourth-order valence-electron chi connectivity index (χ4n) is 1.36. The van der Waals surface area contributed by atoms with Gasteiger partial charge in [0.05, 0.1) is 5.71 Å². The lowest BCUT2D eigenvalue weighted by atomic mass is 10.1. The minimum absolute atomic E-state index is 0.241. The van der Waals surface area contributed by atoms with Crippen molar-refractivity contribution in [2.75, 3.05) is 0 Å². The molecule has 2 aromatic carbocycles. The van der Waals surface area contributed by atoms with Crippen LogP contribution in [0.25, 0.3) is 0 Å². The Morgan fingerprint density at radius 1 is 1.00 bits per heavy atom. The van der Waals surface area contributed by atoms with Crippen molar-refractivity contribution >= 4 is 5.71 Å². The average Bonchev–Trinajstić information content (AvgIpc) is 2.38. The summed E-state index contributed by atoms with van der Waals surface area (Å²) in [4.78, 5) is 5.28. The van der Waals surface area contributed by atoms with Crippen LogP contribution in [0.1, 0.15) is 12.5 Å². The number of hydrogen-bond acceptors (Lipinski definition) is 3. The molecular weight excluding hydrogens is 214 g/mol. The smallest absolute Gasteiger partial charge is 0.157 e. The molecule has 1 N–H and O–H groups in total. The van der Waals surface area contributed by atoms with E-state index < -0.39 is 0 Å². The zero-order chi connectivity index (χ0) is 12.1. The summed E-state index contributed by atoms with van der Waals surface area (Å²) in [6, 6.07) is 16.2. The Morgan fingerprint density at radius 2 is 1.65 bits per heavy atom. The van der Waals surface area contributed by atoms with Gasteiger partial charge in [0, 0.05) is 0 Å². The van der Waals surface area contributed by atoms with E-state index in [-0.39, 0.29) is 5.75 Å². The van der Waals surface area contributed by atoms with Gasteiger partial charge in [-0.05, 0) is 48.9 Å². The Kier molecular flexibility index (Phi) is 3.40. The summed E-state index contributed by atoms with van der Waals surface area (Å²) in [7, 11) is 0.